The molecule has 5 heteroatoms. The van der Waals surface area contributed by atoms with Crippen LogP contribution in [0.3, 0.4) is 0 Å². The van der Waals surface area contributed by atoms with Crippen molar-refractivity contribution in [2.75, 3.05) is 0 Å². The van der Waals surface area contributed by atoms with Crippen molar-refractivity contribution in [2.24, 2.45) is 0 Å². The van der Waals surface area contributed by atoms with Crippen molar-refractivity contribution in [3.63, 3.8) is 0 Å². The van der Waals surface area contributed by atoms with Gasteiger partial charge in [0.25, 0.3) is 5.89 Å². The summed E-state index contributed by atoms with van der Waals surface area (Å²) in [5, 5.41) is 5.02. The predicted octanol–water partition coefficient (Wildman–Crippen LogP) is 5.21. The Morgan fingerprint density at radius 1 is 1.00 bits per heavy atom. The first-order chi connectivity index (χ1) is 11.5. The summed E-state index contributed by atoms with van der Waals surface area (Å²) < 4.78 is 24.9. The number of halogens is 1. The van der Waals surface area contributed by atoms with Gasteiger partial charge in [-0.15, -0.1) is 0 Å². The van der Waals surface area contributed by atoms with Gasteiger partial charge in [0, 0.05) is 16.5 Å². The van der Waals surface area contributed by atoms with Gasteiger partial charge in [-0.2, -0.15) is 4.98 Å². The zero-order chi connectivity index (χ0) is 16.8. The van der Waals surface area contributed by atoms with Crippen LogP contribution in [-0.4, -0.2) is 10.1 Å². The lowest BCUT2D eigenvalue weighted by atomic mass is 10.1. The van der Waals surface area contributed by atoms with Gasteiger partial charge in [-0.3, -0.25) is 0 Å². The van der Waals surface area contributed by atoms with Crippen LogP contribution in [0.1, 0.15) is 16.7 Å². The van der Waals surface area contributed by atoms with E-state index in [9.17, 15) is 4.39 Å². The fourth-order valence-electron chi connectivity index (χ4n) is 2.71. The van der Waals surface area contributed by atoms with E-state index in [0.717, 1.165) is 22.1 Å². The van der Waals surface area contributed by atoms with Crippen molar-refractivity contribution in [2.45, 2.75) is 20.8 Å². The second-order valence-corrected chi connectivity index (χ2v) is 5.94. The first-order valence-corrected chi connectivity index (χ1v) is 7.63. The minimum atomic E-state index is -0.303. The fourth-order valence-corrected chi connectivity index (χ4v) is 2.71. The highest BCUT2D eigenvalue weighted by atomic mass is 19.1. The predicted molar refractivity (Wildman–Crippen MR) is 89.1 cm³/mol. The normalized spacial score (nSPS) is 11.3. The van der Waals surface area contributed by atoms with E-state index >= 15 is 0 Å². The molecule has 0 aliphatic rings. The molecule has 0 aliphatic heterocycles. The fraction of sp³-hybridized carbons (Fsp3) is 0.158. The largest absolute Gasteiger partial charge is 0.452 e. The Hall–Kier alpha value is -2.95. The van der Waals surface area contributed by atoms with Crippen LogP contribution in [0.25, 0.3) is 34.0 Å². The van der Waals surface area contributed by atoms with E-state index < -0.39 is 0 Å². The molecule has 4 nitrogen and oxygen atoms in total. The van der Waals surface area contributed by atoms with E-state index in [2.05, 4.69) is 16.2 Å². The van der Waals surface area contributed by atoms with E-state index in [4.69, 9.17) is 8.94 Å². The summed E-state index contributed by atoms with van der Waals surface area (Å²) in [5.41, 5.74) is 4.00. The summed E-state index contributed by atoms with van der Waals surface area (Å²) in [6.45, 7) is 5.70. The molecule has 2 aromatic heterocycles. The average molecular weight is 322 g/mol. The molecule has 120 valence electrons. The van der Waals surface area contributed by atoms with Gasteiger partial charge in [-0.25, -0.2) is 4.39 Å². The van der Waals surface area contributed by atoms with Crippen LogP contribution in [-0.2, 0) is 0 Å². The molecule has 24 heavy (non-hydrogen) atoms. The van der Waals surface area contributed by atoms with Gasteiger partial charge >= 0.3 is 0 Å². The first-order valence-electron chi connectivity index (χ1n) is 7.63. The van der Waals surface area contributed by atoms with Gasteiger partial charge in [0.2, 0.25) is 5.82 Å². The molecule has 0 radical (unpaired) electrons. The molecular weight excluding hydrogens is 307 g/mol. The lowest BCUT2D eigenvalue weighted by molar-refractivity contribution is 0.430. The van der Waals surface area contributed by atoms with Gasteiger partial charge in [0.15, 0.2) is 5.76 Å². The van der Waals surface area contributed by atoms with Crippen LogP contribution in [0, 0.1) is 26.6 Å². The molecular formula is C19H15FN2O2. The Morgan fingerprint density at radius 2 is 1.83 bits per heavy atom. The third-order valence-corrected chi connectivity index (χ3v) is 4.14. The molecule has 0 spiro atoms. The number of aromatic nitrogens is 2. The van der Waals surface area contributed by atoms with E-state index in [1.165, 1.54) is 6.07 Å². The minimum absolute atomic E-state index is 0.264. The maximum Gasteiger partial charge on any atom is 0.258 e. The van der Waals surface area contributed by atoms with E-state index in [-0.39, 0.29) is 11.7 Å². The number of nitrogens with zero attached hydrogens (tertiary/aromatic N) is 2. The summed E-state index contributed by atoms with van der Waals surface area (Å²) in [7, 11) is 0. The maximum atomic E-state index is 13.7. The molecule has 0 N–H and O–H groups in total. The van der Waals surface area contributed by atoms with E-state index in [1.54, 1.807) is 19.1 Å². The van der Waals surface area contributed by atoms with Crippen molar-refractivity contribution in [1.82, 2.24) is 10.1 Å². The lowest BCUT2D eigenvalue weighted by Gasteiger charge is -1.97. The molecule has 0 bridgehead atoms. The first kappa shape index (κ1) is 14.6. The van der Waals surface area contributed by atoms with Crippen LogP contribution in [0.2, 0.25) is 0 Å². The molecule has 2 aromatic carbocycles. The maximum absolute atomic E-state index is 13.7. The number of fused-ring (bicyclic) bond motifs is 1. The van der Waals surface area contributed by atoms with Gasteiger partial charge in [0.05, 0.1) is 0 Å². The topological polar surface area (TPSA) is 52.1 Å². The quantitative estimate of drug-likeness (QED) is 0.508. The van der Waals surface area contributed by atoms with Crippen molar-refractivity contribution in [1.29, 1.82) is 0 Å². The summed E-state index contributed by atoms with van der Waals surface area (Å²) >= 11 is 0. The van der Waals surface area contributed by atoms with Crippen LogP contribution in [0.15, 0.2) is 45.3 Å². The number of aryl methyl sites for hydroxylation is 3. The second kappa shape index (κ2) is 5.30. The molecule has 0 atom stereocenters. The van der Waals surface area contributed by atoms with Gasteiger partial charge in [-0.1, -0.05) is 22.9 Å². The summed E-state index contributed by atoms with van der Waals surface area (Å²) in [6.07, 6.45) is 0. The third-order valence-electron chi connectivity index (χ3n) is 4.14. The summed E-state index contributed by atoms with van der Waals surface area (Å²) in [6, 6.07) is 10.8. The Labute approximate surface area is 137 Å². The van der Waals surface area contributed by atoms with Crippen molar-refractivity contribution >= 4 is 11.0 Å². The zero-order valence-electron chi connectivity index (χ0n) is 13.6. The number of hydrogen-bond acceptors (Lipinski definition) is 4. The standard InChI is InChI=1S/C19H15FN2O2/c1-10-4-7-16-14(8-10)12(3)17(23-16)18-21-19(24-22-18)13-6-5-11(2)15(20)9-13/h4-9H,1-3H3. The molecule has 0 saturated heterocycles. The SMILES string of the molecule is Cc1ccc2oc(-c3noc(-c4ccc(C)c(F)c4)n3)c(C)c2c1. The molecule has 0 amide bonds. The van der Waals surface area contributed by atoms with E-state index in [1.807, 2.05) is 26.0 Å². The zero-order valence-corrected chi connectivity index (χ0v) is 13.6. The smallest absolute Gasteiger partial charge is 0.258 e. The minimum Gasteiger partial charge on any atom is -0.452 e. The van der Waals surface area contributed by atoms with Crippen LogP contribution in [0.4, 0.5) is 4.39 Å². The second-order valence-electron chi connectivity index (χ2n) is 5.94. The monoisotopic (exact) mass is 322 g/mol. The average Bonchev–Trinajstić information content (AvgIpc) is 3.16. The van der Waals surface area contributed by atoms with Gasteiger partial charge in [0.1, 0.15) is 11.4 Å². The number of rotatable bonds is 2. The van der Waals surface area contributed by atoms with Gasteiger partial charge in [-0.05, 0) is 50.6 Å². The van der Waals surface area contributed by atoms with Crippen LogP contribution >= 0.6 is 0 Å². The van der Waals surface area contributed by atoms with Crippen molar-refractivity contribution in [3.8, 4) is 23.0 Å². The Balaban J connectivity index is 1.80. The van der Waals surface area contributed by atoms with Crippen molar-refractivity contribution < 1.29 is 13.3 Å². The Morgan fingerprint density at radius 3 is 2.62 bits per heavy atom. The van der Waals surface area contributed by atoms with Crippen LogP contribution in [0.5, 0.6) is 0 Å². The lowest BCUT2D eigenvalue weighted by Crippen LogP contribution is -1.85. The molecule has 4 aromatic rings. The number of hydrogen-bond donors (Lipinski definition) is 0. The third kappa shape index (κ3) is 2.29. The van der Waals surface area contributed by atoms with Crippen LogP contribution < -0.4 is 0 Å². The summed E-state index contributed by atoms with van der Waals surface area (Å²) in [5.74, 6) is 0.887. The van der Waals surface area contributed by atoms with E-state index in [0.29, 0.717) is 22.7 Å². The Kier molecular flexibility index (Phi) is 3.23. The molecule has 2 heterocycles. The molecule has 0 aliphatic carbocycles. The van der Waals surface area contributed by atoms with Gasteiger partial charge < -0.3 is 8.94 Å². The highest BCUT2D eigenvalue weighted by Crippen LogP contribution is 2.33. The number of benzene rings is 2. The van der Waals surface area contributed by atoms with Crippen molar-refractivity contribution in [3.05, 3.63) is 58.9 Å². The number of furan rings is 1. The highest BCUT2D eigenvalue weighted by molar-refractivity contribution is 5.87. The Bertz CT molecular complexity index is 1060. The highest BCUT2D eigenvalue weighted by Gasteiger charge is 2.19. The molecule has 0 saturated carbocycles. The molecule has 0 fully saturated rings. The summed E-state index contributed by atoms with van der Waals surface area (Å²) in [4.78, 5) is 4.36. The molecule has 0 unspecified atom stereocenters. The molecule has 4 rings (SSSR count).